The minimum atomic E-state index is -0.341. The minimum absolute atomic E-state index is 0.140. The SMILES string of the molecule is COc1cc(CC(=O)N[C@H](c2ccccc2)c2ccccn2)cc(OC)c1OC. The Bertz CT molecular complexity index is 881. The fourth-order valence-electron chi connectivity index (χ4n) is 3.16. The van der Waals surface area contributed by atoms with Gasteiger partial charge in [0, 0.05) is 6.20 Å². The predicted molar refractivity (Wildman–Crippen MR) is 110 cm³/mol. The van der Waals surface area contributed by atoms with Gasteiger partial charge in [0.1, 0.15) is 0 Å². The van der Waals surface area contributed by atoms with Crippen LogP contribution in [0.3, 0.4) is 0 Å². The highest BCUT2D eigenvalue weighted by Crippen LogP contribution is 2.38. The Morgan fingerprint density at radius 2 is 1.59 bits per heavy atom. The molecule has 0 bridgehead atoms. The molecular formula is C23H24N2O4. The summed E-state index contributed by atoms with van der Waals surface area (Å²) in [6.45, 7) is 0. The van der Waals surface area contributed by atoms with Crippen LogP contribution in [0.5, 0.6) is 17.2 Å². The van der Waals surface area contributed by atoms with Crippen LogP contribution >= 0.6 is 0 Å². The van der Waals surface area contributed by atoms with Gasteiger partial charge in [0.25, 0.3) is 0 Å². The van der Waals surface area contributed by atoms with Gasteiger partial charge in [-0.15, -0.1) is 0 Å². The molecule has 1 aromatic heterocycles. The van der Waals surface area contributed by atoms with Gasteiger partial charge in [-0.25, -0.2) is 0 Å². The molecule has 0 fully saturated rings. The molecule has 0 unspecified atom stereocenters. The number of methoxy groups -OCH3 is 3. The summed E-state index contributed by atoms with van der Waals surface area (Å²) in [5.74, 6) is 1.38. The van der Waals surface area contributed by atoms with Crippen molar-refractivity contribution in [3.05, 3.63) is 83.7 Å². The zero-order chi connectivity index (χ0) is 20.6. The molecular weight excluding hydrogens is 368 g/mol. The van der Waals surface area contributed by atoms with E-state index in [4.69, 9.17) is 14.2 Å². The summed E-state index contributed by atoms with van der Waals surface area (Å²) in [5.41, 5.74) is 2.49. The second-order valence-corrected chi connectivity index (χ2v) is 6.38. The highest BCUT2D eigenvalue weighted by Gasteiger charge is 2.19. The number of benzene rings is 2. The van der Waals surface area contributed by atoms with Crippen molar-refractivity contribution in [1.82, 2.24) is 10.3 Å². The number of amides is 1. The topological polar surface area (TPSA) is 69.7 Å². The molecule has 0 saturated carbocycles. The van der Waals surface area contributed by atoms with Crippen LogP contribution in [0.4, 0.5) is 0 Å². The fourth-order valence-corrected chi connectivity index (χ4v) is 3.16. The van der Waals surface area contributed by atoms with Gasteiger partial charge < -0.3 is 19.5 Å². The maximum Gasteiger partial charge on any atom is 0.225 e. The molecule has 0 aliphatic carbocycles. The first kappa shape index (κ1) is 20.2. The number of nitrogens with zero attached hydrogens (tertiary/aromatic N) is 1. The van der Waals surface area contributed by atoms with E-state index in [1.807, 2.05) is 48.5 Å². The lowest BCUT2D eigenvalue weighted by atomic mass is 10.0. The Morgan fingerprint density at radius 3 is 2.14 bits per heavy atom. The zero-order valence-corrected chi connectivity index (χ0v) is 16.7. The van der Waals surface area contributed by atoms with Crippen LogP contribution in [0.25, 0.3) is 0 Å². The van der Waals surface area contributed by atoms with Crippen LogP contribution in [0.15, 0.2) is 66.9 Å². The van der Waals surface area contributed by atoms with E-state index in [0.717, 1.165) is 16.8 Å². The third-order valence-corrected chi connectivity index (χ3v) is 4.51. The number of pyridine rings is 1. The third kappa shape index (κ3) is 4.85. The number of hydrogen-bond donors (Lipinski definition) is 1. The van der Waals surface area contributed by atoms with Crippen LogP contribution in [-0.4, -0.2) is 32.2 Å². The molecule has 0 aliphatic heterocycles. The Morgan fingerprint density at radius 1 is 0.931 bits per heavy atom. The van der Waals surface area contributed by atoms with Gasteiger partial charge in [0.15, 0.2) is 11.5 Å². The van der Waals surface area contributed by atoms with E-state index in [0.29, 0.717) is 17.2 Å². The molecule has 3 rings (SSSR count). The number of nitrogens with one attached hydrogen (secondary N) is 1. The lowest BCUT2D eigenvalue weighted by Crippen LogP contribution is -2.31. The first-order chi connectivity index (χ1) is 14.2. The highest BCUT2D eigenvalue weighted by atomic mass is 16.5. The molecule has 29 heavy (non-hydrogen) atoms. The Balaban J connectivity index is 1.84. The molecule has 1 atom stereocenters. The quantitative estimate of drug-likeness (QED) is 0.635. The standard InChI is InChI=1S/C23H24N2O4/c1-27-19-13-16(14-20(28-2)23(19)29-3)15-21(26)25-22(17-9-5-4-6-10-17)18-11-7-8-12-24-18/h4-14,22H,15H2,1-3H3,(H,25,26)/t22-/m1/s1. The van der Waals surface area contributed by atoms with Crippen molar-refractivity contribution in [3.63, 3.8) is 0 Å². The van der Waals surface area contributed by atoms with Crippen molar-refractivity contribution in [3.8, 4) is 17.2 Å². The summed E-state index contributed by atoms with van der Waals surface area (Å²) in [6, 6.07) is 18.6. The summed E-state index contributed by atoms with van der Waals surface area (Å²) < 4.78 is 16.1. The summed E-state index contributed by atoms with van der Waals surface area (Å²) in [4.78, 5) is 17.3. The summed E-state index contributed by atoms with van der Waals surface area (Å²) >= 11 is 0. The number of ether oxygens (including phenoxy) is 3. The maximum absolute atomic E-state index is 12.9. The predicted octanol–water partition coefficient (Wildman–Crippen LogP) is 3.56. The number of aromatic nitrogens is 1. The van der Waals surface area contributed by atoms with E-state index in [-0.39, 0.29) is 18.4 Å². The second-order valence-electron chi connectivity index (χ2n) is 6.38. The molecule has 1 amide bonds. The Labute approximate surface area is 170 Å². The molecule has 2 aromatic carbocycles. The number of hydrogen-bond acceptors (Lipinski definition) is 5. The molecule has 1 heterocycles. The molecule has 0 saturated heterocycles. The van der Waals surface area contributed by atoms with E-state index in [9.17, 15) is 4.79 Å². The normalized spacial score (nSPS) is 11.4. The molecule has 6 nitrogen and oxygen atoms in total. The smallest absolute Gasteiger partial charge is 0.225 e. The molecule has 0 spiro atoms. The average Bonchev–Trinajstić information content (AvgIpc) is 2.77. The molecule has 0 aliphatic rings. The maximum atomic E-state index is 12.9. The highest BCUT2D eigenvalue weighted by molar-refractivity contribution is 5.80. The molecule has 1 N–H and O–H groups in total. The van der Waals surface area contributed by atoms with Crippen molar-refractivity contribution in [2.45, 2.75) is 12.5 Å². The van der Waals surface area contributed by atoms with Gasteiger partial charge in [-0.05, 0) is 35.4 Å². The Kier molecular flexibility index (Phi) is 6.68. The second kappa shape index (κ2) is 9.59. The van der Waals surface area contributed by atoms with Gasteiger partial charge >= 0.3 is 0 Å². The first-order valence-electron chi connectivity index (χ1n) is 9.20. The van der Waals surface area contributed by atoms with Crippen LogP contribution in [0, 0.1) is 0 Å². The third-order valence-electron chi connectivity index (χ3n) is 4.51. The zero-order valence-electron chi connectivity index (χ0n) is 16.7. The fraction of sp³-hybridized carbons (Fsp3) is 0.217. The van der Waals surface area contributed by atoms with E-state index < -0.39 is 0 Å². The monoisotopic (exact) mass is 392 g/mol. The number of carbonyl (C=O) groups excluding carboxylic acids is 1. The van der Waals surface area contributed by atoms with Crippen LogP contribution in [0.1, 0.15) is 22.9 Å². The van der Waals surface area contributed by atoms with Gasteiger partial charge in [0.2, 0.25) is 11.7 Å². The van der Waals surface area contributed by atoms with Crippen LogP contribution in [-0.2, 0) is 11.2 Å². The van der Waals surface area contributed by atoms with Crippen molar-refractivity contribution in [2.24, 2.45) is 0 Å². The summed E-state index contributed by atoms with van der Waals surface area (Å²) in [6.07, 6.45) is 1.88. The largest absolute Gasteiger partial charge is 0.493 e. The van der Waals surface area contributed by atoms with E-state index >= 15 is 0 Å². The molecule has 6 heteroatoms. The van der Waals surface area contributed by atoms with Gasteiger partial charge in [-0.2, -0.15) is 0 Å². The van der Waals surface area contributed by atoms with E-state index in [1.165, 1.54) is 0 Å². The van der Waals surface area contributed by atoms with Crippen molar-refractivity contribution < 1.29 is 19.0 Å². The first-order valence-corrected chi connectivity index (χ1v) is 9.20. The lowest BCUT2D eigenvalue weighted by molar-refractivity contribution is -0.121. The van der Waals surface area contributed by atoms with Crippen molar-refractivity contribution in [2.75, 3.05) is 21.3 Å². The van der Waals surface area contributed by atoms with Gasteiger partial charge in [0.05, 0.1) is 39.5 Å². The van der Waals surface area contributed by atoms with Crippen molar-refractivity contribution in [1.29, 1.82) is 0 Å². The van der Waals surface area contributed by atoms with Gasteiger partial charge in [-0.1, -0.05) is 36.4 Å². The Hall–Kier alpha value is -3.54. The van der Waals surface area contributed by atoms with Crippen molar-refractivity contribution >= 4 is 5.91 Å². The van der Waals surface area contributed by atoms with E-state index in [1.54, 1.807) is 39.7 Å². The van der Waals surface area contributed by atoms with Crippen LogP contribution < -0.4 is 19.5 Å². The lowest BCUT2D eigenvalue weighted by Gasteiger charge is -2.19. The number of rotatable bonds is 8. The van der Waals surface area contributed by atoms with Crippen LogP contribution in [0.2, 0.25) is 0 Å². The minimum Gasteiger partial charge on any atom is -0.493 e. The molecule has 3 aromatic rings. The molecule has 0 radical (unpaired) electrons. The number of carbonyl (C=O) groups is 1. The van der Waals surface area contributed by atoms with Gasteiger partial charge in [-0.3, -0.25) is 9.78 Å². The van der Waals surface area contributed by atoms with E-state index in [2.05, 4.69) is 10.3 Å². The molecule has 150 valence electrons. The summed E-state index contributed by atoms with van der Waals surface area (Å²) in [5, 5.41) is 3.09. The summed E-state index contributed by atoms with van der Waals surface area (Å²) in [7, 11) is 4.64. The average molecular weight is 392 g/mol.